The topological polar surface area (TPSA) is 17.1 Å². The smallest absolute Gasteiger partial charge is 0.139 e. The Hall–Kier alpha value is -0.590. The summed E-state index contributed by atoms with van der Waals surface area (Å²) in [6, 6.07) is 0. The van der Waals surface area contributed by atoms with Crippen molar-refractivity contribution < 1.29 is 4.79 Å². The molecule has 0 heterocycles. The maximum Gasteiger partial charge on any atom is 0.139 e. The van der Waals surface area contributed by atoms with Gasteiger partial charge >= 0.3 is 0 Å². The molecule has 13 heavy (non-hydrogen) atoms. The van der Waals surface area contributed by atoms with E-state index in [1.165, 1.54) is 25.7 Å². The lowest BCUT2D eigenvalue weighted by atomic mass is 9.75. The Balaban J connectivity index is 1.84. The molecule has 0 aliphatic heterocycles. The van der Waals surface area contributed by atoms with Gasteiger partial charge in [-0.15, -0.1) is 0 Å². The van der Waals surface area contributed by atoms with Crippen LogP contribution in [0.5, 0.6) is 0 Å². The van der Waals surface area contributed by atoms with Crippen molar-refractivity contribution in [3.05, 3.63) is 12.2 Å². The molecule has 0 radical (unpaired) electrons. The normalized spacial score (nSPS) is 53.4. The molecular weight excluding hydrogens is 160 g/mol. The lowest BCUT2D eigenvalue weighted by Crippen LogP contribution is -2.23. The number of carbonyl (C=O) groups excluding carboxylic acids is 1. The minimum absolute atomic E-state index is 0.436. The molecule has 0 aromatic heterocycles. The first-order chi connectivity index (χ1) is 6.32. The molecule has 1 spiro atoms. The zero-order valence-corrected chi connectivity index (χ0v) is 7.70. The van der Waals surface area contributed by atoms with Gasteiger partial charge in [-0.05, 0) is 42.9 Å². The summed E-state index contributed by atoms with van der Waals surface area (Å²) < 4.78 is 0. The van der Waals surface area contributed by atoms with Gasteiger partial charge in [0.25, 0.3) is 0 Å². The van der Waals surface area contributed by atoms with E-state index >= 15 is 0 Å². The summed E-state index contributed by atoms with van der Waals surface area (Å²) in [5.41, 5.74) is 0.528. The minimum atomic E-state index is 0.436. The van der Waals surface area contributed by atoms with Crippen molar-refractivity contribution in [2.24, 2.45) is 29.1 Å². The van der Waals surface area contributed by atoms with Gasteiger partial charge in [-0.1, -0.05) is 12.2 Å². The summed E-state index contributed by atoms with van der Waals surface area (Å²) in [5.74, 6) is 2.93. The second kappa shape index (κ2) is 1.77. The molecule has 0 aromatic rings. The number of allylic oxidation sites excluding steroid dienone is 2. The molecule has 2 bridgehead atoms. The van der Waals surface area contributed by atoms with Crippen LogP contribution in [-0.2, 0) is 4.79 Å². The van der Waals surface area contributed by atoms with E-state index in [1.54, 1.807) is 0 Å². The summed E-state index contributed by atoms with van der Waals surface area (Å²) in [5, 5.41) is 0. The van der Waals surface area contributed by atoms with Crippen molar-refractivity contribution in [1.29, 1.82) is 0 Å². The van der Waals surface area contributed by atoms with Crippen LogP contribution in [0.15, 0.2) is 12.2 Å². The highest BCUT2D eigenvalue weighted by Gasteiger charge is 2.65. The standard InChI is InChI=1S/C12H14O/c13-11-8-1-2-9(11)10-7(8)3-4-12(10)5-6-12/h3-4,7-10H,1-2,5-6H2/t7-,8+,9-,10-/m1/s1. The van der Waals surface area contributed by atoms with Gasteiger partial charge in [0, 0.05) is 11.8 Å². The number of ketones is 1. The highest BCUT2D eigenvalue weighted by molar-refractivity contribution is 5.89. The lowest BCUT2D eigenvalue weighted by Gasteiger charge is -2.27. The summed E-state index contributed by atoms with van der Waals surface area (Å²) in [6.45, 7) is 0. The third kappa shape index (κ3) is 0.589. The Kier molecular flexibility index (Phi) is 0.928. The third-order valence-corrected chi connectivity index (χ3v) is 4.97. The number of hydrogen-bond donors (Lipinski definition) is 0. The second-order valence-electron chi connectivity index (χ2n) is 5.39. The first kappa shape index (κ1) is 6.80. The highest BCUT2D eigenvalue weighted by atomic mass is 16.1. The number of fused-ring (bicyclic) bond motifs is 6. The van der Waals surface area contributed by atoms with Crippen molar-refractivity contribution in [2.45, 2.75) is 25.7 Å². The Morgan fingerprint density at radius 2 is 2.00 bits per heavy atom. The molecule has 4 aliphatic carbocycles. The van der Waals surface area contributed by atoms with E-state index < -0.39 is 0 Å². The van der Waals surface area contributed by atoms with Crippen LogP contribution in [0.4, 0.5) is 0 Å². The molecule has 68 valence electrons. The molecule has 4 rings (SSSR count). The average molecular weight is 174 g/mol. The fraction of sp³-hybridized carbons (Fsp3) is 0.750. The molecule has 0 unspecified atom stereocenters. The first-order valence-electron chi connectivity index (χ1n) is 5.55. The van der Waals surface area contributed by atoms with Crippen molar-refractivity contribution in [2.75, 3.05) is 0 Å². The van der Waals surface area contributed by atoms with E-state index in [1.807, 2.05) is 0 Å². The van der Waals surface area contributed by atoms with Crippen LogP contribution in [0.25, 0.3) is 0 Å². The Morgan fingerprint density at radius 3 is 2.77 bits per heavy atom. The molecule has 0 saturated heterocycles. The molecule has 3 saturated carbocycles. The lowest BCUT2D eigenvalue weighted by molar-refractivity contribution is -0.122. The van der Waals surface area contributed by atoms with E-state index in [9.17, 15) is 4.79 Å². The molecule has 0 N–H and O–H groups in total. The summed E-state index contributed by atoms with van der Waals surface area (Å²) in [4.78, 5) is 11.9. The van der Waals surface area contributed by atoms with E-state index in [-0.39, 0.29) is 0 Å². The van der Waals surface area contributed by atoms with Crippen LogP contribution >= 0.6 is 0 Å². The monoisotopic (exact) mass is 174 g/mol. The number of rotatable bonds is 0. The van der Waals surface area contributed by atoms with Gasteiger partial charge < -0.3 is 0 Å². The minimum Gasteiger partial charge on any atom is -0.299 e. The van der Waals surface area contributed by atoms with Crippen LogP contribution in [0.2, 0.25) is 0 Å². The largest absolute Gasteiger partial charge is 0.299 e. The van der Waals surface area contributed by atoms with Crippen LogP contribution in [-0.4, -0.2) is 5.78 Å². The number of carbonyl (C=O) groups is 1. The SMILES string of the molecule is O=C1[C@H]2CC[C@@H]1[C@H]1[C@@H]2C=CC12CC2. The van der Waals surface area contributed by atoms with Gasteiger partial charge in [-0.3, -0.25) is 4.79 Å². The number of Topliss-reactive ketones (excluding diaryl/α,β-unsaturated/α-hetero) is 1. The van der Waals surface area contributed by atoms with Crippen molar-refractivity contribution >= 4 is 5.78 Å². The quantitative estimate of drug-likeness (QED) is 0.514. The van der Waals surface area contributed by atoms with Gasteiger partial charge in [0.1, 0.15) is 5.78 Å². The molecule has 1 heteroatoms. The predicted molar refractivity (Wildman–Crippen MR) is 49.0 cm³/mol. The van der Waals surface area contributed by atoms with Crippen molar-refractivity contribution in [3.63, 3.8) is 0 Å². The van der Waals surface area contributed by atoms with E-state index in [2.05, 4.69) is 12.2 Å². The number of hydrogen-bond acceptors (Lipinski definition) is 1. The molecule has 0 amide bonds. The van der Waals surface area contributed by atoms with Crippen LogP contribution in [0, 0.1) is 29.1 Å². The molecule has 3 fully saturated rings. The van der Waals surface area contributed by atoms with Gasteiger partial charge in [0.05, 0.1) is 0 Å². The van der Waals surface area contributed by atoms with E-state index in [4.69, 9.17) is 0 Å². The van der Waals surface area contributed by atoms with E-state index in [0.717, 1.165) is 5.92 Å². The van der Waals surface area contributed by atoms with Crippen LogP contribution < -0.4 is 0 Å². The van der Waals surface area contributed by atoms with E-state index in [0.29, 0.717) is 29.0 Å². The molecular formula is C12H14O. The fourth-order valence-electron chi connectivity index (χ4n) is 4.27. The van der Waals surface area contributed by atoms with Crippen molar-refractivity contribution in [3.8, 4) is 0 Å². The first-order valence-corrected chi connectivity index (χ1v) is 5.55. The zero-order chi connectivity index (χ0) is 8.63. The van der Waals surface area contributed by atoms with Gasteiger partial charge in [0.2, 0.25) is 0 Å². The summed E-state index contributed by atoms with van der Waals surface area (Å²) >= 11 is 0. The predicted octanol–water partition coefficient (Wildman–Crippen LogP) is 2.18. The molecule has 1 nitrogen and oxygen atoms in total. The van der Waals surface area contributed by atoms with Crippen molar-refractivity contribution in [1.82, 2.24) is 0 Å². The van der Waals surface area contributed by atoms with Crippen LogP contribution in [0.3, 0.4) is 0 Å². The second-order valence-corrected chi connectivity index (χ2v) is 5.39. The Labute approximate surface area is 78.2 Å². The zero-order valence-electron chi connectivity index (χ0n) is 7.70. The molecule has 4 aliphatic rings. The Bertz CT molecular complexity index is 324. The molecule has 0 aromatic carbocycles. The van der Waals surface area contributed by atoms with Gasteiger partial charge in [0.15, 0.2) is 0 Å². The van der Waals surface area contributed by atoms with Gasteiger partial charge in [-0.25, -0.2) is 0 Å². The van der Waals surface area contributed by atoms with Gasteiger partial charge in [-0.2, -0.15) is 0 Å². The Morgan fingerprint density at radius 1 is 1.23 bits per heavy atom. The summed E-state index contributed by atoms with van der Waals surface area (Å²) in [6.07, 6.45) is 9.93. The van der Waals surface area contributed by atoms with Crippen LogP contribution in [0.1, 0.15) is 25.7 Å². The average Bonchev–Trinajstić information content (AvgIpc) is 2.60. The third-order valence-electron chi connectivity index (χ3n) is 4.97. The maximum absolute atomic E-state index is 11.9. The highest BCUT2D eigenvalue weighted by Crippen LogP contribution is 2.69. The fourth-order valence-corrected chi connectivity index (χ4v) is 4.27. The maximum atomic E-state index is 11.9. The summed E-state index contributed by atoms with van der Waals surface area (Å²) in [7, 11) is 0. The molecule has 4 atom stereocenters.